The van der Waals surface area contributed by atoms with E-state index in [1.165, 1.54) is 4.63 Å². The number of tetrazole rings is 1. The largest absolute Gasteiger partial charge is 0.368 e. The van der Waals surface area contributed by atoms with E-state index in [0.717, 1.165) is 12.4 Å². The van der Waals surface area contributed by atoms with Crippen LogP contribution in [-0.4, -0.2) is 31.8 Å². The Kier molecular flexibility index (Phi) is 2.98. The summed E-state index contributed by atoms with van der Waals surface area (Å²) in [6.45, 7) is 7.54. The Bertz CT molecular complexity index is 463. The molecule has 6 heteroatoms. The monoisotopic (exact) mass is 220 g/mol. The number of aromatic nitrogens is 5. The number of nitrogens with zero attached hydrogens (tertiary/aromatic N) is 5. The van der Waals surface area contributed by atoms with E-state index in [4.69, 9.17) is 0 Å². The highest BCUT2D eigenvalue weighted by Crippen LogP contribution is 2.11. The Morgan fingerprint density at radius 2 is 2.12 bits per heavy atom. The molecule has 1 N–H and O–H groups in total. The number of anilines is 1. The van der Waals surface area contributed by atoms with Crippen LogP contribution in [0.5, 0.6) is 0 Å². The predicted octanol–water partition coefficient (Wildman–Crippen LogP) is 1.22. The molecule has 0 saturated heterocycles. The smallest absolute Gasteiger partial charge is 0.200 e. The van der Waals surface area contributed by atoms with Gasteiger partial charge in [0.15, 0.2) is 5.65 Å². The Labute approximate surface area is 94.0 Å². The topological polar surface area (TPSA) is 68.0 Å². The number of rotatable bonds is 4. The van der Waals surface area contributed by atoms with E-state index in [1.54, 1.807) is 0 Å². The lowest BCUT2D eigenvalue weighted by Crippen LogP contribution is -2.17. The predicted molar refractivity (Wildman–Crippen MR) is 61.1 cm³/mol. The van der Waals surface area contributed by atoms with Gasteiger partial charge in [0.2, 0.25) is 0 Å². The molecule has 1 atom stereocenters. The van der Waals surface area contributed by atoms with Gasteiger partial charge >= 0.3 is 0 Å². The van der Waals surface area contributed by atoms with Gasteiger partial charge in [-0.2, -0.15) is 0 Å². The van der Waals surface area contributed by atoms with E-state index in [9.17, 15) is 0 Å². The molecular weight excluding hydrogens is 204 g/mol. The number of hydrogen-bond acceptors (Lipinski definition) is 5. The molecule has 1 unspecified atom stereocenters. The second-order valence-electron chi connectivity index (χ2n) is 4.35. The summed E-state index contributed by atoms with van der Waals surface area (Å²) in [5.74, 6) is 2.06. The van der Waals surface area contributed by atoms with Gasteiger partial charge in [0.25, 0.3) is 0 Å². The summed E-state index contributed by atoms with van der Waals surface area (Å²) in [5.41, 5.74) is 0.655. The summed E-state index contributed by atoms with van der Waals surface area (Å²) in [6, 6.07) is 3.73. The first-order chi connectivity index (χ1) is 7.66. The lowest BCUT2D eigenvalue weighted by molar-refractivity contribution is 0.439. The van der Waals surface area contributed by atoms with Gasteiger partial charge < -0.3 is 5.32 Å². The Morgan fingerprint density at radius 3 is 2.88 bits per heavy atom. The highest BCUT2D eigenvalue weighted by atomic mass is 15.6. The molecule has 0 amide bonds. The maximum Gasteiger partial charge on any atom is 0.200 e. The third-order valence-corrected chi connectivity index (χ3v) is 2.81. The van der Waals surface area contributed by atoms with Crippen molar-refractivity contribution in [3.63, 3.8) is 0 Å². The normalized spacial score (nSPS) is 13.2. The highest BCUT2D eigenvalue weighted by molar-refractivity contribution is 5.41. The average Bonchev–Trinajstić information content (AvgIpc) is 2.72. The molecule has 0 bridgehead atoms. The van der Waals surface area contributed by atoms with E-state index >= 15 is 0 Å². The van der Waals surface area contributed by atoms with Crippen molar-refractivity contribution in [3.05, 3.63) is 12.1 Å². The van der Waals surface area contributed by atoms with Gasteiger partial charge in [-0.05, 0) is 34.4 Å². The SMILES string of the molecule is CC(C)C(C)CNc1ccc2nnnn2n1. The average molecular weight is 220 g/mol. The first kappa shape index (κ1) is 10.8. The number of nitrogens with one attached hydrogen (secondary N) is 1. The summed E-state index contributed by atoms with van der Waals surface area (Å²) in [6.07, 6.45) is 0. The van der Waals surface area contributed by atoms with Crippen LogP contribution in [0.3, 0.4) is 0 Å². The maximum atomic E-state index is 4.24. The van der Waals surface area contributed by atoms with Crippen LogP contribution in [0, 0.1) is 11.8 Å². The molecule has 2 heterocycles. The fraction of sp³-hybridized carbons (Fsp3) is 0.600. The lowest BCUT2D eigenvalue weighted by atomic mass is 9.98. The van der Waals surface area contributed by atoms with E-state index < -0.39 is 0 Å². The van der Waals surface area contributed by atoms with Crippen LogP contribution in [0.1, 0.15) is 20.8 Å². The van der Waals surface area contributed by atoms with Gasteiger partial charge in [0, 0.05) is 6.54 Å². The first-order valence-electron chi connectivity index (χ1n) is 5.46. The molecule has 2 aromatic rings. The summed E-state index contributed by atoms with van der Waals surface area (Å²) >= 11 is 0. The number of fused-ring (bicyclic) bond motifs is 1. The molecule has 2 aromatic heterocycles. The Morgan fingerprint density at radius 1 is 1.31 bits per heavy atom. The fourth-order valence-electron chi connectivity index (χ4n) is 1.25. The molecular formula is C10H16N6. The molecule has 0 radical (unpaired) electrons. The second-order valence-corrected chi connectivity index (χ2v) is 4.35. The van der Waals surface area contributed by atoms with Crippen LogP contribution in [0.15, 0.2) is 12.1 Å². The van der Waals surface area contributed by atoms with Crippen LogP contribution < -0.4 is 5.32 Å². The van der Waals surface area contributed by atoms with E-state index in [0.29, 0.717) is 17.5 Å². The van der Waals surface area contributed by atoms with Gasteiger partial charge in [0.05, 0.1) is 0 Å². The second kappa shape index (κ2) is 4.42. The van der Waals surface area contributed by atoms with E-state index in [2.05, 4.69) is 46.7 Å². The molecule has 86 valence electrons. The maximum absolute atomic E-state index is 4.24. The summed E-state index contributed by atoms with van der Waals surface area (Å²) in [4.78, 5) is 0. The minimum Gasteiger partial charge on any atom is -0.368 e. The molecule has 0 fully saturated rings. The van der Waals surface area contributed by atoms with Crippen molar-refractivity contribution < 1.29 is 0 Å². The fourth-order valence-corrected chi connectivity index (χ4v) is 1.25. The summed E-state index contributed by atoms with van der Waals surface area (Å²) in [7, 11) is 0. The van der Waals surface area contributed by atoms with Crippen LogP contribution in [0.4, 0.5) is 5.82 Å². The van der Waals surface area contributed by atoms with Crippen molar-refractivity contribution in [1.82, 2.24) is 25.3 Å². The number of hydrogen-bond donors (Lipinski definition) is 1. The zero-order valence-corrected chi connectivity index (χ0v) is 9.75. The summed E-state index contributed by atoms with van der Waals surface area (Å²) < 4.78 is 1.42. The molecule has 16 heavy (non-hydrogen) atoms. The zero-order valence-electron chi connectivity index (χ0n) is 9.75. The van der Waals surface area contributed by atoms with E-state index in [-0.39, 0.29) is 0 Å². The molecule has 0 aliphatic rings. The van der Waals surface area contributed by atoms with Gasteiger partial charge in [-0.3, -0.25) is 0 Å². The standard InChI is InChI=1S/C10H16N6/c1-7(2)8(3)6-11-9-4-5-10-12-14-15-16(10)13-9/h4-5,7-8H,6H2,1-3H3,(H,11,13). The molecule has 0 saturated carbocycles. The van der Waals surface area contributed by atoms with Crippen molar-refractivity contribution in [3.8, 4) is 0 Å². The lowest BCUT2D eigenvalue weighted by Gasteiger charge is -2.16. The molecule has 6 nitrogen and oxygen atoms in total. The van der Waals surface area contributed by atoms with Crippen molar-refractivity contribution in [2.24, 2.45) is 11.8 Å². The van der Waals surface area contributed by atoms with Crippen molar-refractivity contribution in [2.45, 2.75) is 20.8 Å². The van der Waals surface area contributed by atoms with Gasteiger partial charge in [-0.15, -0.1) is 14.8 Å². The molecule has 2 rings (SSSR count). The molecule has 0 aliphatic carbocycles. The van der Waals surface area contributed by atoms with Gasteiger partial charge in [0.1, 0.15) is 5.82 Å². The molecule has 0 spiro atoms. The van der Waals surface area contributed by atoms with E-state index in [1.807, 2.05) is 12.1 Å². The van der Waals surface area contributed by atoms with Gasteiger partial charge in [-0.1, -0.05) is 20.8 Å². The van der Waals surface area contributed by atoms with Crippen molar-refractivity contribution in [2.75, 3.05) is 11.9 Å². The minimum atomic E-state index is 0.603. The zero-order chi connectivity index (χ0) is 11.5. The van der Waals surface area contributed by atoms with Crippen molar-refractivity contribution in [1.29, 1.82) is 0 Å². The molecule has 0 aromatic carbocycles. The first-order valence-corrected chi connectivity index (χ1v) is 5.46. The minimum absolute atomic E-state index is 0.603. The van der Waals surface area contributed by atoms with Crippen LogP contribution in [0.2, 0.25) is 0 Å². The van der Waals surface area contributed by atoms with Crippen molar-refractivity contribution >= 4 is 11.5 Å². The van der Waals surface area contributed by atoms with Crippen LogP contribution in [-0.2, 0) is 0 Å². The Balaban J connectivity index is 2.04. The van der Waals surface area contributed by atoms with Crippen LogP contribution in [0.25, 0.3) is 5.65 Å². The highest BCUT2D eigenvalue weighted by Gasteiger charge is 2.07. The Hall–Kier alpha value is -1.72. The van der Waals surface area contributed by atoms with Gasteiger partial charge in [-0.25, -0.2) is 0 Å². The van der Waals surface area contributed by atoms with Crippen LogP contribution >= 0.6 is 0 Å². The molecule has 0 aliphatic heterocycles. The third kappa shape index (κ3) is 2.26. The third-order valence-electron chi connectivity index (χ3n) is 2.81. The quantitative estimate of drug-likeness (QED) is 0.839. The summed E-state index contributed by atoms with van der Waals surface area (Å²) in [5, 5.41) is 18.6.